The van der Waals surface area contributed by atoms with Gasteiger partial charge in [0.15, 0.2) is 0 Å². The molecule has 5 heteroatoms. The van der Waals surface area contributed by atoms with Crippen LogP contribution in [-0.4, -0.2) is 19.0 Å². The van der Waals surface area contributed by atoms with Crippen LogP contribution in [0.3, 0.4) is 0 Å². The first-order valence-electron chi connectivity index (χ1n) is 8.27. The Hall–Kier alpha value is -1.85. The molecule has 120 valence electrons. The van der Waals surface area contributed by atoms with Crippen LogP contribution in [0, 0.1) is 6.92 Å². The fourth-order valence-corrected chi connectivity index (χ4v) is 4.82. The van der Waals surface area contributed by atoms with Gasteiger partial charge in [-0.3, -0.25) is 4.79 Å². The van der Waals surface area contributed by atoms with Gasteiger partial charge < -0.3 is 15.5 Å². The standard InChI is InChI=1S/C18H21N3OS/c1-3-21-9-8-13-14(10-21)23-18-15(13)17(22)19-16(20-18)12-6-4-11(2)5-7-12/h4-7,16,20H,3,8-10H2,1-2H3,(H,19,22)/p+1/t16-/m1/s1. The summed E-state index contributed by atoms with van der Waals surface area (Å²) in [7, 11) is 0. The van der Waals surface area contributed by atoms with Crippen LogP contribution >= 0.6 is 11.3 Å². The lowest BCUT2D eigenvalue weighted by atomic mass is 10.00. The third-order valence-electron chi connectivity index (χ3n) is 4.92. The molecule has 0 aliphatic carbocycles. The summed E-state index contributed by atoms with van der Waals surface area (Å²) in [6, 6.07) is 8.32. The highest BCUT2D eigenvalue weighted by atomic mass is 32.1. The molecule has 0 saturated heterocycles. The number of carbonyl (C=O) groups is 1. The van der Waals surface area contributed by atoms with Crippen molar-refractivity contribution in [3.63, 3.8) is 0 Å². The molecule has 1 amide bonds. The first-order valence-corrected chi connectivity index (χ1v) is 9.09. The zero-order valence-corrected chi connectivity index (χ0v) is 14.3. The van der Waals surface area contributed by atoms with E-state index in [0.717, 1.165) is 42.2 Å². The number of hydrogen-bond acceptors (Lipinski definition) is 3. The lowest BCUT2D eigenvalue weighted by molar-refractivity contribution is -0.913. The van der Waals surface area contributed by atoms with E-state index in [1.807, 2.05) is 0 Å². The first-order chi connectivity index (χ1) is 11.2. The minimum atomic E-state index is -0.134. The number of nitrogens with one attached hydrogen (secondary N) is 3. The van der Waals surface area contributed by atoms with Crippen molar-refractivity contribution in [3.05, 3.63) is 51.4 Å². The van der Waals surface area contributed by atoms with Gasteiger partial charge in [-0.15, -0.1) is 11.3 Å². The highest BCUT2D eigenvalue weighted by molar-refractivity contribution is 7.16. The summed E-state index contributed by atoms with van der Waals surface area (Å²) in [5, 5.41) is 7.69. The topological polar surface area (TPSA) is 45.6 Å². The minimum Gasteiger partial charge on any atom is -0.353 e. The number of fused-ring (bicyclic) bond motifs is 3. The van der Waals surface area contributed by atoms with E-state index in [-0.39, 0.29) is 12.1 Å². The number of quaternary nitrogens is 1. The van der Waals surface area contributed by atoms with Gasteiger partial charge in [-0.05, 0) is 25.0 Å². The number of hydrogen-bond donors (Lipinski definition) is 3. The number of aryl methyl sites for hydroxylation is 1. The lowest BCUT2D eigenvalue weighted by Crippen LogP contribution is -3.11. The van der Waals surface area contributed by atoms with Crippen LogP contribution in [0.2, 0.25) is 0 Å². The summed E-state index contributed by atoms with van der Waals surface area (Å²) in [6.07, 6.45) is 0.875. The minimum absolute atomic E-state index is 0.0711. The number of likely N-dealkylation sites (N-methyl/N-ethyl adjacent to an activating group) is 1. The second kappa shape index (κ2) is 5.65. The Bertz CT molecular complexity index is 750. The maximum absolute atomic E-state index is 12.7. The van der Waals surface area contributed by atoms with Crippen molar-refractivity contribution < 1.29 is 9.69 Å². The molecule has 3 N–H and O–H groups in total. The van der Waals surface area contributed by atoms with Crippen LogP contribution < -0.4 is 15.5 Å². The van der Waals surface area contributed by atoms with Gasteiger partial charge in [-0.2, -0.15) is 0 Å². The van der Waals surface area contributed by atoms with E-state index in [1.54, 1.807) is 16.2 Å². The van der Waals surface area contributed by atoms with Crippen molar-refractivity contribution in [2.45, 2.75) is 33.0 Å². The molecule has 4 rings (SSSR count). The molecule has 4 nitrogen and oxygen atoms in total. The molecule has 0 saturated carbocycles. The predicted molar refractivity (Wildman–Crippen MR) is 93.1 cm³/mol. The molecule has 0 fully saturated rings. The van der Waals surface area contributed by atoms with Gasteiger partial charge in [0.1, 0.15) is 17.7 Å². The maximum Gasteiger partial charge on any atom is 0.256 e. The summed E-state index contributed by atoms with van der Waals surface area (Å²) >= 11 is 1.77. The molecule has 23 heavy (non-hydrogen) atoms. The van der Waals surface area contributed by atoms with Crippen LogP contribution in [0.25, 0.3) is 0 Å². The van der Waals surface area contributed by atoms with E-state index in [9.17, 15) is 4.79 Å². The van der Waals surface area contributed by atoms with Crippen LogP contribution in [0.5, 0.6) is 0 Å². The fourth-order valence-electron chi connectivity index (χ4n) is 3.48. The molecule has 0 radical (unpaired) electrons. The number of benzene rings is 1. The van der Waals surface area contributed by atoms with Crippen molar-refractivity contribution in [1.29, 1.82) is 0 Å². The Morgan fingerprint density at radius 2 is 2.04 bits per heavy atom. The van der Waals surface area contributed by atoms with Gasteiger partial charge in [-0.1, -0.05) is 29.8 Å². The zero-order valence-electron chi connectivity index (χ0n) is 13.5. The molecule has 1 unspecified atom stereocenters. The van der Waals surface area contributed by atoms with Crippen LogP contribution in [-0.2, 0) is 13.0 Å². The second-order valence-electron chi connectivity index (χ2n) is 6.45. The third kappa shape index (κ3) is 2.54. The summed E-state index contributed by atoms with van der Waals surface area (Å²) < 4.78 is 0. The zero-order chi connectivity index (χ0) is 16.0. The number of thiophene rings is 1. The van der Waals surface area contributed by atoms with E-state index in [1.165, 1.54) is 16.0 Å². The molecular weight excluding hydrogens is 306 g/mol. The van der Waals surface area contributed by atoms with Gasteiger partial charge in [0.25, 0.3) is 5.91 Å². The van der Waals surface area contributed by atoms with E-state index in [0.29, 0.717) is 0 Å². The average Bonchev–Trinajstić information content (AvgIpc) is 2.93. The van der Waals surface area contributed by atoms with Crippen molar-refractivity contribution in [2.75, 3.05) is 18.4 Å². The molecule has 2 aliphatic heterocycles. The Morgan fingerprint density at radius 3 is 2.78 bits per heavy atom. The third-order valence-corrected chi connectivity index (χ3v) is 6.08. The molecule has 1 aromatic carbocycles. The smallest absolute Gasteiger partial charge is 0.256 e. The number of amides is 1. The molecule has 2 atom stereocenters. The number of anilines is 1. The molecule has 1 aromatic heterocycles. The largest absolute Gasteiger partial charge is 0.353 e. The predicted octanol–water partition coefficient (Wildman–Crippen LogP) is 1.87. The lowest BCUT2D eigenvalue weighted by Gasteiger charge is -2.27. The summed E-state index contributed by atoms with van der Waals surface area (Å²) in [5.41, 5.74) is 4.49. The Balaban J connectivity index is 1.66. The van der Waals surface area contributed by atoms with Crippen LogP contribution in [0.15, 0.2) is 24.3 Å². The Kier molecular flexibility index (Phi) is 3.62. The molecule has 2 aliphatic rings. The molecule has 3 heterocycles. The SMILES string of the molecule is CC[NH+]1CCc2c(sc3c2C(=O)N[C@@H](c2ccc(C)cc2)N3)C1. The van der Waals surface area contributed by atoms with E-state index in [4.69, 9.17) is 0 Å². The molecule has 0 spiro atoms. The number of rotatable bonds is 2. The van der Waals surface area contributed by atoms with Crippen molar-refractivity contribution in [1.82, 2.24) is 5.32 Å². The summed E-state index contributed by atoms with van der Waals surface area (Å²) in [4.78, 5) is 15.7. The molecule has 0 bridgehead atoms. The molecule has 2 aromatic rings. The van der Waals surface area contributed by atoms with Gasteiger partial charge in [0.05, 0.1) is 23.5 Å². The molecular formula is C18H22N3OS+. The number of carbonyl (C=O) groups excluding carboxylic acids is 1. The maximum atomic E-state index is 12.7. The highest BCUT2D eigenvalue weighted by Gasteiger charge is 2.34. The highest BCUT2D eigenvalue weighted by Crippen LogP contribution is 2.38. The van der Waals surface area contributed by atoms with Gasteiger partial charge in [0.2, 0.25) is 0 Å². The second-order valence-corrected chi connectivity index (χ2v) is 7.55. The van der Waals surface area contributed by atoms with Crippen LogP contribution in [0.4, 0.5) is 5.00 Å². The normalized spacial score (nSPS) is 22.8. The van der Waals surface area contributed by atoms with Gasteiger partial charge >= 0.3 is 0 Å². The van der Waals surface area contributed by atoms with E-state index in [2.05, 4.69) is 48.7 Å². The Morgan fingerprint density at radius 1 is 1.26 bits per heavy atom. The van der Waals surface area contributed by atoms with Crippen molar-refractivity contribution in [3.8, 4) is 0 Å². The summed E-state index contributed by atoms with van der Waals surface area (Å²) in [5.74, 6) is 0.0711. The average molecular weight is 328 g/mol. The Labute approximate surface area is 140 Å². The van der Waals surface area contributed by atoms with Crippen molar-refractivity contribution >= 4 is 22.2 Å². The first kappa shape index (κ1) is 14.7. The monoisotopic (exact) mass is 328 g/mol. The van der Waals surface area contributed by atoms with Crippen LogP contribution in [0.1, 0.15) is 45.0 Å². The van der Waals surface area contributed by atoms with Gasteiger partial charge in [0, 0.05) is 6.42 Å². The van der Waals surface area contributed by atoms with Crippen molar-refractivity contribution in [2.24, 2.45) is 0 Å². The van der Waals surface area contributed by atoms with Gasteiger partial charge in [-0.25, -0.2) is 0 Å². The van der Waals surface area contributed by atoms with E-state index >= 15 is 0 Å². The fraction of sp³-hybridized carbons (Fsp3) is 0.389. The van der Waals surface area contributed by atoms with E-state index < -0.39 is 0 Å². The quantitative estimate of drug-likeness (QED) is 0.788. The summed E-state index contributed by atoms with van der Waals surface area (Å²) in [6.45, 7) is 7.62.